The van der Waals surface area contributed by atoms with Crippen molar-refractivity contribution in [2.45, 2.75) is 6.92 Å². The molecule has 0 fully saturated rings. The lowest BCUT2D eigenvalue weighted by Crippen LogP contribution is -2.98. The Labute approximate surface area is 60.7 Å². The maximum Gasteiger partial charge on any atom is 0.131 e. The van der Waals surface area contributed by atoms with Gasteiger partial charge < -0.3 is 10.3 Å². The lowest BCUT2D eigenvalue weighted by Gasteiger charge is -2.15. The standard InChI is InChI=1S/C8H11NO/c1-7-4-3-5-8(6-7)9(2)10/h3-6,9H,1-2H3. The van der Waals surface area contributed by atoms with E-state index in [0.29, 0.717) is 0 Å². The molecule has 0 aliphatic rings. The van der Waals surface area contributed by atoms with Crippen molar-refractivity contribution >= 4 is 5.69 Å². The van der Waals surface area contributed by atoms with Gasteiger partial charge in [0.25, 0.3) is 0 Å². The maximum absolute atomic E-state index is 10.8. The van der Waals surface area contributed by atoms with Crippen LogP contribution < -0.4 is 5.06 Å². The lowest BCUT2D eigenvalue weighted by molar-refractivity contribution is -0.751. The zero-order valence-electron chi connectivity index (χ0n) is 6.22. The first-order valence-electron chi connectivity index (χ1n) is 3.28. The highest BCUT2D eigenvalue weighted by atomic mass is 16.5. The van der Waals surface area contributed by atoms with Crippen molar-refractivity contribution in [3.05, 3.63) is 35.0 Å². The molecule has 0 saturated carbocycles. The molecule has 1 aromatic rings. The van der Waals surface area contributed by atoms with Crippen LogP contribution in [0.3, 0.4) is 0 Å². The molecule has 1 aromatic carbocycles. The quantitative estimate of drug-likeness (QED) is 0.565. The number of nitrogens with one attached hydrogen (secondary N) is 1. The van der Waals surface area contributed by atoms with Crippen molar-refractivity contribution in [3.8, 4) is 0 Å². The Morgan fingerprint density at radius 2 is 2.10 bits per heavy atom. The smallest absolute Gasteiger partial charge is 0.131 e. The van der Waals surface area contributed by atoms with Gasteiger partial charge in [-0.3, -0.25) is 0 Å². The average Bonchev–Trinajstić information content (AvgIpc) is 1.88. The van der Waals surface area contributed by atoms with Crippen molar-refractivity contribution in [1.82, 2.24) is 0 Å². The first-order valence-corrected chi connectivity index (χ1v) is 3.28. The molecule has 1 atom stereocenters. The first-order chi connectivity index (χ1) is 4.70. The summed E-state index contributed by atoms with van der Waals surface area (Å²) in [6.45, 7) is 1.98. The van der Waals surface area contributed by atoms with E-state index in [1.54, 1.807) is 7.05 Å². The molecule has 1 unspecified atom stereocenters. The van der Waals surface area contributed by atoms with Crippen molar-refractivity contribution in [2.75, 3.05) is 7.05 Å². The van der Waals surface area contributed by atoms with Crippen molar-refractivity contribution < 1.29 is 5.06 Å². The van der Waals surface area contributed by atoms with E-state index in [1.165, 1.54) is 0 Å². The van der Waals surface area contributed by atoms with Gasteiger partial charge in [-0.2, -0.15) is 0 Å². The van der Waals surface area contributed by atoms with Crippen LogP contribution in [-0.2, 0) is 0 Å². The monoisotopic (exact) mass is 137 g/mol. The van der Waals surface area contributed by atoms with Crippen LogP contribution in [0.1, 0.15) is 5.56 Å². The van der Waals surface area contributed by atoms with Crippen LogP contribution in [-0.4, -0.2) is 7.05 Å². The lowest BCUT2D eigenvalue weighted by atomic mass is 10.2. The van der Waals surface area contributed by atoms with Crippen LogP contribution in [0, 0.1) is 12.1 Å². The zero-order valence-corrected chi connectivity index (χ0v) is 6.22. The summed E-state index contributed by atoms with van der Waals surface area (Å²) < 4.78 is 0. The largest absolute Gasteiger partial charge is 0.629 e. The third kappa shape index (κ3) is 1.56. The van der Waals surface area contributed by atoms with E-state index < -0.39 is 0 Å². The third-order valence-corrected chi connectivity index (χ3v) is 1.42. The molecule has 0 heterocycles. The van der Waals surface area contributed by atoms with Crippen molar-refractivity contribution in [3.63, 3.8) is 0 Å². The van der Waals surface area contributed by atoms with Crippen LogP contribution in [0.15, 0.2) is 24.3 Å². The minimum Gasteiger partial charge on any atom is -0.629 e. The fraction of sp³-hybridized carbons (Fsp3) is 0.250. The second-order valence-electron chi connectivity index (χ2n) is 2.43. The van der Waals surface area contributed by atoms with E-state index in [9.17, 15) is 5.21 Å². The van der Waals surface area contributed by atoms with Gasteiger partial charge in [0.2, 0.25) is 0 Å². The van der Waals surface area contributed by atoms with E-state index >= 15 is 0 Å². The summed E-state index contributed by atoms with van der Waals surface area (Å²) in [6.07, 6.45) is 0. The minimum absolute atomic E-state index is 0.128. The van der Waals surface area contributed by atoms with E-state index in [4.69, 9.17) is 0 Å². The molecule has 0 spiro atoms. The van der Waals surface area contributed by atoms with Crippen LogP contribution >= 0.6 is 0 Å². The molecule has 54 valence electrons. The molecule has 2 heteroatoms. The highest BCUT2D eigenvalue weighted by Crippen LogP contribution is 2.03. The summed E-state index contributed by atoms with van der Waals surface area (Å²) in [4.78, 5) is 0. The van der Waals surface area contributed by atoms with Crippen LogP contribution in [0.25, 0.3) is 0 Å². The molecular weight excluding hydrogens is 126 g/mol. The number of hydrogen-bond donors (Lipinski definition) is 1. The Morgan fingerprint density at radius 3 is 2.50 bits per heavy atom. The van der Waals surface area contributed by atoms with Gasteiger partial charge in [-0.05, 0) is 18.6 Å². The highest BCUT2D eigenvalue weighted by Gasteiger charge is 1.93. The molecule has 0 aromatic heterocycles. The average molecular weight is 137 g/mol. The molecule has 0 amide bonds. The van der Waals surface area contributed by atoms with Crippen LogP contribution in [0.2, 0.25) is 0 Å². The normalized spacial score (nSPS) is 13.1. The summed E-state index contributed by atoms with van der Waals surface area (Å²) in [7, 11) is 1.58. The summed E-state index contributed by atoms with van der Waals surface area (Å²) in [5.41, 5.74) is 1.92. The first kappa shape index (κ1) is 7.25. The van der Waals surface area contributed by atoms with Gasteiger partial charge in [-0.15, -0.1) is 0 Å². The molecule has 1 N–H and O–H groups in total. The Balaban J connectivity index is 2.96. The van der Waals surface area contributed by atoms with Crippen LogP contribution in [0.5, 0.6) is 0 Å². The molecule has 2 nitrogen and oxygen atoms in total. The van der Waals surface area contributed by atoms with Crippen molar-refractivity contribution in [2.24, 2.45) is 0 Å². The van der Waals surface area contributed by atoms with E-state index in [1.807, 2.05) is 31.2 Å². The fourth-order valence-electron chi connectivity index (χ4n) is 0.864. The Hall–Kier alpha value is -0.860. The number of aryl methyl sites for hydroxylation is 1. The van der Waals surface area contributed by atoms with E-state index in [0.717, 1.165) is 11.3 Å². The molecule has 10 heavy (non-hydrogen) atoms. The van der Waals surface area contributed by atoms with Gasteiger partial charge in [0.1, 0.15) is 5.69 Å². The molecule has 0 radical (unpaired) electrons. The molecular formula is C8H11NO. The summed E-state index contributed by atoms with van der Waals surface area (Å²) in [5, 5.41) is 10.9. The maximum atomic E-state index is 10.8. The zero-order chi connectivity index (χ0) is 7.56. The molecule has 0 aliphatic carbocycles. The third-order valence-electron chi connectivity index (χ3n) is 1.42. The second-order valence-corrected chi connectivity index (χ2v) is 2.43. The summed E-state index contributed by atoms with van der Waals surface area (Å²) >= 11 is 0. The predicted octanol–water partition coefficient (Wildman–Crippen LogP) is 0.639. The number of hydroxylamine groups is 1. The van der Waals surface area contributed by atoms with Gasteiger partial charge in [0.05, 0.1) is 7.05 Å². The topological polar surface area (TPSA) is 27.5 Å². The SMILES string of the molecule is Cc1cccc([NH+](C)[O-])c1. The number of quaternary nitrogens is 1. The number of benzene rings is 1. The van der Waals surface area contributed by atoms with Gasteiger partial charge in [-0.25, -0.2) is 0 Å². The van der Waals surface area contributed by atoms with Gasteiger partial charge in [-0.1, -0.05) is 12.1 Å². The molecule has 0 saturated heterocycles. The molecule has 0 bridgehead atoms. The number of hydrogen-bond acceptors (Lipinski definition) is 1. The van der Waals surface area contributed by atoms with Crippen LogP contribution in [0.4, 0.5) is 5.69 Å². The number of rotatable bonds is 1. The van der Waals surface area contributed by atoms with Gasteiger partial charge in [0, 0.05) is 6.07 Å². The van der Waals surface area contributed by atoms with Gasteiger partial charge >= 0.3 is 0 Å². The minimum atomic E-state index is 0.128. The van der Waals surface area contributed by atoms with E-state index in [2.05, 4.69) is 0 Å². The summed E-state index contributed by atoms with van der Waals surface area (Å²) in [5.74, 6) is 0. The van der Waals surface area contributed by atoms with E-state index in [-0.39, 0.29) is 5.06 Å². The predicted molar refractivity (Wildman–Crippen MR) is 41.1 cm³/mol. The molecule has 1 rings (SSSR count). The van der Waals surface area contributed by atoms with Gasteiger partial charge in [0.15, 0.2) is 0 Å². The Morgan fingerprint density at radius 1 is 1.40 bits per heavy atom. The fourth-order valence-corrected chi connectivity index (χ4v) is 0.864. The highest BCUT2D eigenvalue weighted by molar-refractivity contribution is 5.32. The summed E-state index contributed by atoms with van der Waals surface area (Å²) in [6, 6.07) is 7.59. The van der Waals surface area contributed by atoms with Crippen molar-refractivity contribution in [1.29, 1.82) is 0 Å². The Kier molecular flexibility index (Phi) is 2.04. The second kappa shape index (κ2) is 2.82. The Bertz CT molecular complexity index is 220. The molecule has 0 aliphatic heterocycles.